The van der Waals surface area contributed by atoms with Crippen molar-refractivity contribution < 1.29 is 13.7 Å². The fourth-order valence-electron chi connectivity index (χ4n) is 2.58. The number of ether oxygens (including phenoxy) is 1. The van der Waals surface area contributed by atoms with Crippen LogP contribution < -0.4 is 4.74 Å². The standard InChI is InChI=1S/C20H22FN3O2/c1-24(2)12-6-7-15-10-11-18(21)17(13-15)20-22-19(26-23-20)14-25-16-8-4-3-5-9-16/h3-5,8-11,13H,6-7,12,14H2,1-2H3. The van der Waals surface area contributed by atoms with Crippen LogP contribution in [0.2, 0.25) is 0 Å². The van der Waals surface area contributed by atoms with Gasteiger partial charge in [-0.2, -0.15) is 4.98 Å². The van der Waals surface area contributed by atoms with Crippen LogP contribution in [-0.2, 0) is 13.0 Å². The summed E-state index contributed by atoms with van der Waals surface area (Å²) in [5.74, 6) is 0.892. The molecule has 3 aromatic rings. The van der Waals surface area contributed by atoms with Crippen LogP contribution in [-0.4, -0.2) is 35.7 Å². The van der Waals surface area contributed by atoms with E-state index in [1.165, 1.54) is 6.07 Å². The Morgan fingerprint density at radius 3 is 2.69 bits per heavy atom. The van der Waals surface area contributed by atoms with Gasteiger partial charge >= 0.3 is 0 Å². The van der Waals surface area contributed by atoms with E-state index < -0.39 is 0 Å². The van der Waals surface area contributed by atoms with E-state index in [4.69, 9.17) is 9.26 Å². The van der Waals surface area contributed by atoms with Gasteiger partial charge in [-0.25, -0.2) is 4.39 Å². The van der Waals surface area contributed by atoms with E-state index in [1.54, 1.807) is 12.1 Å². The summed E-state index contributed by atoms with van der Waals surface area (Å²) in [6, 6.07) is 14.4. The zero-order valence-electron chi connectivity index (χ0n) is 15.0. The summed E-state index contributed by atoms with van der Waals surface area (Å²) < 4.78 is 25.0. The molecule has 0 atom stereocenters. The molecule has 5 nitrogen and oxygen atoms in total. The van der Waals surface area contributed by atoms with E-state index in [-0.39, 0.29) is 18.2 Å². The molecule has 0 saturated heterocycles. The number of aryl methyl sites for hydroxylation is 1. The predicted octanol–water partition coefficient (Wildman–Crippen LogP) is 3.95. The van der Waals surface area contributed by atoms with E-state index in [1.807, 2.05) is 44.4 Å². The zero-order valence-corrected chi connectivity index (χ0v) is 15.0. The van der Waals surface area contributed by atoms with Gasteiger partial charge in [-0.3, -0.25) is 0 Å². The summed E-state index contributed by atoms with van der Waals surface area (Å²) in [4.78, 5) is 6.38. The lowest BCUT2D eigenvalue weighted by Crippen LogP contribution is -2.13. The van der Waals surface area contributed by atoms with Crippen LogP contribution in [0.15, 0.2) is 53.1 Å². The molecule has 0 aliphatic carbocycles. The van der Waals surface area contributed by atoms with Gasteiger partial charge in [-0.1, -0.05) is 29.4 Å². The Bertz CT molecular complexity index is 834. The Kier molecular flexibility index (Phi) is 5.96. The molecule has 0 saturated carbocycles. The van der Waals surface area contributed by atoms with Gasteiger partial charge in [0.15, 0.2) is 6.61 Å². The fraction of sp³-hybridized carbons (Fsp3) is 0.300. The molecule has 0 radical (unpaired) electrons. The Morgan fingerprint density at radius 1 is 1.12 bits per heavy atom. The van der Waals surface area contributed by atoms with Crippen molar-refractivity contribution in [2.24, 2.45) is 0 Å². The van der Waals surface area contributed by atoms with Crippen LogP contribution in [0.25, 0.3) is 11.4 Å². The number of halogens is 1. The number of para-hydroxylation sites is 1. The fourth-order valence-corrected chi connectivity index (χ4v) is 2.58. The van der Waals surface area contributed by atoms with E-state index in [0.717, 1.165) is 24.9 Å². The molecule has 3 rings (SSSR count). The highest BCUT2D eigenvalue weighted by Gasteiger charge is 2.14. The number of hydrogen-bond donors (Lipinski definition) is 0. The predicted molar refractivity (Wildman–Crippen MR) is 97.3 cm³/mol. The van der Waals surface area contributed by atoms with Crippen molar-refractivity contribution in [2.45, 2.75) is 19.4 Å². The lowest BCUT2D eigenvalue weighted by molar-refractivity contribution is 0.243. The summed E-state index contributed by atoms with van der Waals surface area (Å²) in [6.07, 6.45) is 1.87. The van der Waals surface area contributed by atoms with Crippen molar-refractivity contribution in [1.29, 1.82) is 0 Å². The summed E-state index contributed by atoms with van der Waals surface area (Å²) in [6.45, 7) is 1.12. The minimum Gasteiger partial charge on any atom is -0.484 e. The number of nitrogens with zero attached hydrogens (tertiary/aromatic N) is 3. The monoisotopic (exact) mass is 355 g/mol. The minimum atomic E-state index is -0.363. The molecule has 6 heteroatoms. The van der Waals surface area contributed by atoms with E-state index >= 15 is 0 Å². The minimum absolute atomic E-state index is 0.140. The Balaban J connectivity index is 1.67. The van der Waals surface area contributed by atoms with Crippen molar-refractivity contribution in [2.75, 3.05) is 20.6 Å². The highest BCUT2D eigenvalue weighted by Crippen LogP contribution is 2.22. The Hall–Kier alpha value is -2.73. The maximum absolute atomic E-state index is 14.2. The summed E-state index contributed by atoms with van der Waals surface area (Å²) in [5.41, 5.74) is 1.40. The molecule has 0 aliphatic heterocycles. The number of rotatable bonds is 8. The second-order valence-electron chi connectivity index (χ2n) is 6.33. The van der Waals surface area contributed by atoms with Gasteiger partial charge in [0.2, 0.25) is 5.82 Å². The molecular weight excluding hydrogens is 333 g/mol. The average Bonchev–Trinajstić information content (AvgIpc) is 3.11. The van der Waals surface area contributed by atoms with E-state index in [2.05, 4.69) is 15.0 Å². The molecular formula is C20H22FN3O2. The summed E-state index contributed by atoms with van der Waals surface area (Å²) >= 11 is 0. The molecule has 0 bridgehead atoms. The molecule has 1 heterocycles. The van der Waals surface area contributed by atoms with E-state index in [9.17, 15) is 4.39 Å². The van der Waals surface area contributed by atoms with Gasteiger partial charge in [0.1, 0.15) is 11.6 Å². The summed E-state index contributed by atoms with van der Waals surface area (Å²) in [5, 5.41) is 3.89. The lowest BCUT2D eigenvalue weighted by Gasteiger charge is -2.09. The third kappa shape index (κ3) is 4.89. The van der Waals surface area contributed by atoms with Crippen LogP contribution in [0.3, 0.4) is 0 Å². The van der Waals surface area contributed by atoms with Crippen molar-refractivity contribution in [3.8, 4) is 17.1 Å². The maximum Gasteiger partial charge on any atom is 0.264 e. The third-order valence-electron chi connectivity index (χ3n) is 3.92. The topological polar surface area (TPSA) is 51.4 Å². The van der Waals surface area contributed by atoms with Gasteiger partial charge < -0.3 is 14.2 Å². The highest BCUT2D eigenvalue weighted by atomic mass is 19.1. The van der Waals surface area contributed by atoms with E-state index in [0.29, 0.717) is 17.2 Å². The molecule has 0 amide bonds. The SMILES string of the molecule is CN(C)CCCc1ccc(F)c(-c2noc(COc3ccccc3)n2)c1. The summed E-state index contributed by atoms with van der Waals surface area (Å²) in [7, 11) is 4.07. The number of benzene rings is 2. The molecule has 0 unspecified atom stereocenters. The van der Waals surface area contributed by atoms with Crippen molar-refractivity contribution in [3.63, 3.8) is 0 Å². The van der Waals surface area contributed by atoms with Gasteiger partial charge in [-0.15, -0.1) is 0 Å². The van der Waals surface area contributed by atoms with Crippen LogP contribution in [0.1, 0.15) is 17.9 Å². The smallest absolute Gasteiger partial charge is 0.264 e. The first-order valence-electron chi connectivity index (χ1n) is 8.56. The lowest BCUT2D eigenvalue weighted by atomic mass is 10.1. The highest BCUT2D eigenvalue weighted by molar-refractivity contribution is 5.56. The molecule has 26 heavy (non-hydrogen) atoms. The maximum atomic E-state index is 14.2. The largest absolute Gasteiger partial charge is 0.484 e. The molecule has 1 aromatic heterocycles. The molecule has 0 spiro atoms. The average molecular weight is 355 g/mol. The number of aromatic nitrogens is 2. The van der Waals surface area contributed by atoms with Gasteiger partial charge in [-0.05, 0) is 63.3 Å². The van der Waals surface area contributed by atoms with Crippen molar-refractivity contribution in [3.05, 3.63) is 65.8 Å². The first kappa shape index (κ1) is 18.1. The normalized spacial score (nSPS) is 11.1. The van der Waals surface area contributed by atoms with Gasteiger partial charge in [0, 0.05) is 0 Å². The molecule has 0 fully saturated rings. The van der Waals surface area contributed by atoms with Gasteiger partial charge in [0.05, 0.1) is 5.56 Å². The van der Waals surface area contributed by atoms with Crippen LogP contribution >= 0.6 is 0 Å². The van der Waals surface area contributed by atoms with Gasteiger partial charge in [0.25, 0.3) is 5.89 Å². The van der Waals surface area contributed by atoms with Crippen LogP contribution in [0, 0.1) is 5.82 Å². The second-order valence-corrected chi connectivity index (χ2v) is 6.33. The molecule has 2 aromatic carbocycles. The second kappa shape index (κ2) is 8.58. The quantitative estimate of drug-likeness (QED) is 0.612. The van der Waals surface area contributed by atoms with Crippen LogP contribution in [0.4, 0.5) is 4.39 Å². The Labute approximate surface area is 152 Å². The molecule has 0 N–H and O–H groups in total. The first-order valence-corrected chi connectivity index (χ1v) is 8.56. The molecule has 0 aliphatic rings. The Morgan fingerprint density at radius 2 is 1.92 bits per heavy atom. The first-order chi connectivity index (χ1) is 12.6. The zero-order chi connectivity index (χ0) is 18.4. The third-order valence-corrected chi connectivity index (χ3v) is 3.92. The molecule has 136 valence electrons. The van der Waals surface area contributed by atoms with Crippen molar-refractivity contribution in [1.82, 2.24) is 15.0 Å². The number of hydrogen-bond acceptors (Lipinski definition) is 5. The van der Waals surface area contributed by atoms with Crippen molar-refractivity contribution >= 4 is 0 Å². The van der Waals surface area contributed by atoms with Crippen LogP contribution in [0.5, 0.6) is 5.75 Å².